The first-order valence-corrected chi connectivity index (χ1v) is 12.8. The lowest BCUT2D eigenvalue weighted by molar-refractivity contribution is -0.137. The van der Waals surface area contributed by atoms with E-state index in [-0.39, 0.29) is 40.9 Å². The number of nitrogens with zero attached hydrogens (tertiary/aromatic N) is 5. The summed E-state index contributed by atoms with van der Waals surface area (Å²) in [6, 6.07) is 2.34. The third-order valence-corrected chi connectivity index (χ3v) is 7.38. The van der Waals surface area contributed by atoms with Crippen LogP contribution in [-0.4, -0.2) is 59.7 Å². The number of carbonyl (C=O) groups is 1. The Kier molecular flexibility index (Phi) is 6.95. The summed E-state index contributed by atoms with van der Waals surface area (Å²) in [5.74, 6) is -1.41. The van der Waals surface area contributed by atoms with Gasteiger partial charge in [-0.3, -0.25) is 9.59 Å². The van der Waals surface area contributed by atoms with Gasteiger partial charge in [0, 0.05) is 45.0 Å². The second-order valence-electron chi connectivity index (χ2n) is 10.00. The van der Waals surface area contributed by atoms with Crippen LogP contribution >= 0.6 is 0 Å². The molecule has 39 heavy (non-hydrogen) atoms. The van der Waals surface area contributed by atoms with Crippen LogP contribution in [0.1, 0.15) is 31.0 Å². The molecule has 0 unspecified atom stereocenters. The summed E-state index contributed by atoms with van der Waals surface area (Å²) in [7, 11) is 3.55. The van der Waals surface area contributed by atoms with Crippen molar-refractivity contribution in [3.05, 3.63) is 51.7 Å². The molecular formula is C26H29F4N7O2. The molecule has 0 spiro atoms. The van der Waals surface area contributed by atoms with Gasteiger partial charge in [-0.1, -0.05) is 6.92 Å². The number of pyridine rings is 1. The highest BCUT2D eigenvalue weighted by Gasteiger charge is 2.40. The SMILES string of the molecule is CCc1c(N2CCN[C@H]3CC[C@@H]32)c(=O)c2nc(N(C)C)cnc2n1CC(=O)Nc1ccc(C(F)(F)F)cc1F. The molecule has 1 aliphatic carbocycles. The second kappa shape index (κ2) is 10.1. The highest BCUT2D eigenvalue weighted by Crippen LogP contribution is 2.34. The molecule has 208 valence electrons. The molecule has 1 saturated carbocycles. The summed E-state index contributed by atoms with van der Waals surface area (Å²) >= 11 is 0. The molecule has 3 aromatic rings. The third-order valence-electron chi connectivity index (χ3n) is 7.38. The summed E-state index contributed by atoms with van der Waals surface area (Å²) in [5, 5.41) is 5.84. The van der Waals surface area contributed by atoms with Crippen LogP contribution in [0.5, 0.6) is 0 Å². The summed E-state index contributed by atoms with van der Waals surface area (Å²) in [4.78, 5) is 39.9. The predicted molar refractivity (Wildman–Crippen MR) is 140 cm³/mol. The van der Waals surface area contributed by atoms with Gasteiger partial charge in [-0.2, -0.15) is 13.2 Å². The van der Waals surface area contributed by atoms with Crippen LogP contribution in [0, 0.1) is 5.82 Å². The Balaban J connectivity index is 1.58. The minimum absolute atomic E-state index is 0.108. The fourth-order valence-electron chi connectivity index (χ4n) is 5.30. The van der Waals surface area contributed by atoms with E-state index in [0.717, 1.165) is 18.9 Å². The van der Waals surface area contributed by atoms with E-state index >= 15 is 0 Å². The maximum absolute atomic E-state index is 14.4. The van der Waals surface area contributed by atoms with Crippen molar-refractivity contribution in [3.63, 3.8) is 0 Å². The fraction of sp³-hybridized carbons (Fsp3) is 0.462. The number of rotatable bonds is 6. The molecule has 9 nitrogen and oxygen atoms in total. The zero-order valence-electron chi connectivity index (χ0n) is 21.8. The Bertz CT molecular complexity index is 1490. The third kappa shape index (κ3) is 4.90. The van der Waals surface area contributed by atoms with Gasteiger partial charge >= 0.3 is 6.18 Å². The number of amides is 1. The van der Waals surface area contributed by atoms with E-state index in [2.05, 4.69) is 25.5 Å². The lowest BCUT2D eigenvalue weighted by Gasteiger charge is -2.50. The Morgan fingerprint density at radius 3 is 2.64 bits per heavy atom. The number of anilines is 3. The van der Waals surface area contributed by atoms with Crippen LogP contribution < -0.4 is 25.9 Å². The number of fused-ring (bicyclic) bond motifs is 2. The zero-order chi connectivity index (χ0) is 28.1. The van der Waals surface area contributed by atoms with Crippen molar-refractivity contribution in [1.29, 1.82) is 0 Å². The molecular weight excluding hydrogens is 518 g/mol. The van der Waals surface area contributed by atoms with Crippen LogP contribution in [0.25, 0.3) is 11.2 Å². The average molecular weight is 548 g/mol. The van der Waals surface area contributed by atoms with Crippen molar-refractivity contribution in [2.75, 3.05) is 42.3 Å². The number of carbonyl (C=O) groups excluding carboxylic acids is 1. The highest BCUT2D eigenvalue weighted by atomic mass is 19.4. The largest absolute Gasteiger partial charge is 0.416 e. The van der Waals surface area contributed by atoms with Crippen LogP contribution in [0.3, 0.4) is 0 Å². The molecule has 5 rings (SSSR count). The van der Waals surface area contributed by atoms with E-state index in [9.17, 15) is 27.2 Å². The monoisotopic (exact) mass is 547 g/mol. The van der Waals surface area contributed by atoms with E-state index in [1.165, 1.54) is 6.20 Å². The Morgan fingerprint density at radius 1 is 1.26 bits per heavy atom. The maximum atomic E-state index is 14.4. The number of nitrogens with one attached hydrogen (secondary N) is 2. The Morgan fingerprint density at radius 2 is 2.03 bits per heavy atom. The minimum Gasteiger partial charge on any atom is -0.361 e. The van der Waals surface area contributed by atoms with Crippen molar-refractivity contribution < 1.29 is 22.4 Å². The molecule has 1 aliphatic heterocycles. The van der Waals surface area contributed by atoms with Crippen molar-refractivity contribution in [3.8, 4) is 0 Å². The Labute approximate surface area is 221 Å². The number of hydrogen-bond donors (Lipinski definition) is 2. The first-order valence-electron chi connectivity index (χ1n) is 12.8. The van der Waals surface area contributed by atoms with Gasteiger partial charge in [0.05, 0.1) is 17.4 Å². The van der Waals surface area contributed by atoms with E-state index < -0.39 is 23.5 Å². The summed E-state index contributed by atoms with van der Waals surface area (Å²) < 4.78 is 54.8. The molecule has 1 saturated heterocycles. The van der Waals surface area contributed by atoms with Crippen molar-refractivity contribution in [1.82, 2.24) is 19.9 Å². The van der Waals surface area contributed by atoms with Gasteiger partial charge in [-0.25, -0.2) is 14.4 Å². The summed E-state index contributed by atoms with van der Waals surface area (Å²) in [6.07, 6.45) is -0.873. The topological polar surface area (TPSA) is 95.4 Å². The predicted octanol–water partition coefficient (Wildman–Crippen LogP) is 3.16. The number of piperazine rings is 1. The molecule has 2 aliphatic rings. The minimum atomic E-state index is -4.71. The van der Waals surface area contributed by atoms with Crippen LogP contribution in [0.15, 0.2) is 29.2 Å². The molecule has 2 atom stereocenters. The van der Waals surface area contributed by atoms with Gasteiger partial charge in [0.15, 0.2) is 11.2 Å². The van der Waals surface area contributed by atoms with E-state index in [1.54, 1.807) is 23.6 Å². The first-order chi connectivity index (χ1) is 18.5. The van der Waals surface area contributed by atoms with Gasteiger partial charge in [-0.05, 0) is 37.5 Å². The van der Waals surface area contributed by atoms with Crippen LogP contribution in [0.2, 0.25) is 0 Å². The molecule has 2 N–H and O–H groups in total. The van der Waals surface area contributed by atoms with Gasteiger partial charge in [0.25, 0.3) is 0 Å². The van der Waals surface area contributed by atoms with Crippen molar-refractivity contribution >= 4 is 34.3 Å². The number of halogens is 4. The van der Waals surface area contributed by atoms with Crippen molar-refractivity contribution in [2.24, 2.45) is 0 Å². The van der Waals surface area contributed by atoms with Gasteiger partial charge < -0.3 is 25.0 Å². The van der Waals surface area contributed by atoms with E-state index in [0.29, 0.717) is 48.8 Å². The molecule has 0 radical (unpaired) electrons. The zero-order valence-corrected chi connectivity index (χ0v) is 21.8. The molecule has 3 heterocycles. The molecule has 13 heteroatoms. The second-order valence-corrected chi connectivity index (χ2v) is 10.00. The highest BCUT2D eigenvalue weighted by molar-refractivity contribution is 5.92. The standard InChI is InChI=1S/C26H29F4N7O2/c1-4-18-23(36-10-9-31-17-7-8-19(17)36)24(39)22-25(32-12-20(34-22)35(2)3)37(18)13-21(38)33-16-6-5-14(11-15(16)27)26(28,29)30/h5-6,11-12,17,19,31H,4,7-10,13H2,1-3H3,(H,33,38)/t17-,19-/m0/s1. The van der Waals surface area contributed by atoms with E-state index in [4.69, 9.17) is 0 Å². The molecule has 1 amide bonds. The Hall–Kier alpha value is -3.74. The van der Waals surface area contributed by atoms with Gasteiger partial charge in [0.2, 0.25) is 11.3 Å². The summed E-state index contributed by atoms with van der Waals surface area (Å²) in [5.41, 5.74) is -0.423. The number of aromatic nitrogens is 3. The lowest BCUT2D eigenvalue weighted by atomic mass is 9.83. The van der Waals surface area contributed by atoms with E-state index in [1.807, 2.05) is 6.92 Å². The average Bonchev–Trinajstić information content (AvgIpc) is 2.86. The maximum Gasteiger partial charge on any atom is 0.416 e. The number of alkyl halides is 3. The summed E-state index contributed by atoms with van der Waals surface area (Å²) in [6.45, 7) is 2.84. The van der Waals surface area contributed by atoms with Gasteiger partial charge in [0.1, 0.15) is 23.9 Å². The molecule has 0 bridgehead atoms. The quantitative estimate of drug-likeness (QED) is 0.458. The molecule has 2 fully saturated rings. The molecule has 1 aromatic carbocycles. The van der Waals surface area contributed by atoms with Gasteiger partial charge in [-0.15, -0.1) is 0 Å². The smallest absolute Gasteiger partial charge is 0.361 e. The normalized spacial score (nSPS) is 19.0. The van der Waals surface area contributed by atoms with Crippen molar-refractivity contribution in [2.45, 2.75) is 51.0 Å². The molecule has 2 aromatic heterocycles. The fourth-order valence-corrected chi connectivity index (χ4v) is 5.30. The van der Waals surface area contributed by atoms with Crippen LogP contribution in [-0.2, 0) is 23.9 Å². The van der Waals surface area contributed by atoms with Crippen LogP contribution in [0.4, 0.5) is 34.8 Å². The lowest BCUT2D eigenvalue weighted by Crippen LogP contribution is -2.64. The number of benzene rings is 1. The number of hydrogen-bond acceptors (Lipinski definition) is 7. The first kappa shape index (κ1) is 26.9.